The van der Waals surface area contributed by atoms with Gasteiger partial charge >= 0.3 is 0 Å². The minimum Gasteiger partial charge on any atom is -0.399 e. The molecule has 0 amide bonds. The largest absolute Gasteiger partial charge is 0.399 e. The van der Waals surface area contributed by atoms with E-state index in [2.05, 4.69) is 4.98 Å². The summed E-state index contributed by atoms with van der Waals surface area (Å²) >= 11 is 0. The first kappa shape index (κ1) is 11.4. The molecule has 1 aromatic carbocycles. The van der Waals surface area contributed by atoms with Gasteiger partial charge in [0.15, 0.2) is 0 Å². The van der Waals surface area contributed by atoms with E-state index in [0.717, 1.165) is 0 Å². The summed E-state index contributed by atoms with van der Waals surface area (Å²) in [5, 5.41) is 0.564. The lowest BCUT2D eigenvalue weighted by atomic mass is 10.2. The Hall–Kier alpha value is -2.10. The zero-order chi connectivity index (χ0) is 12.4. The van der Waals surface area contributed by atoms with Gasteiger partial charge in [-0.1, -0.05) is 11.6 Å². The van der Waals surface area contributed by atoms with Crippen molar-refractivity contribution in [3.63, 3.8) is 0 Å². The van der Waals surface area contributed by atoms with Crippen LogP contribution >= 0.6 is 0 Å². The van der Waals surface area contributed by atoms with Gasteiger partial charge in [0.25, 0.3) is 5.56 Å². The number of benzene rings is 1. The van der Waals surface area contributed by atoms with Crippen LogP contribution in [0.5, 0.6) is 0 Å². The van der Waals surface area contributed by atoms with Crippen LogP contribution in [0.2, 0.25) is 0 Å². The van der Waals surface area contributed by atoms with Crippen molar-refractivity contribution < 1.29 is 0 Å². The van der Waals surface area contributed by atoms with E-state index in [4.69, 9.17) is 5.73 Å². The number of fused-ring (bicyclic) bond motifs is 1. The highest BCUT2D eigenvalue weighted by Crippen LogP contribution is 2.10. The smallest absolute Gasteiger partial charge is 0.261 e. The minimum atomic E-state index is -0.0557. The Balaban J connectivity index is 2.57. The monoisotopic (exact) mass is 229 g/mol. The standard InChI is InChI=1S/C13H15N3O/c1-9(2)5-6-16-8-15-12-4-3-10(14)7-11(12)13(16)17/h3-5,7-8H,6,14H2,1-2H3. The molecular formula is C13H15N3O. The predicted molar refractivity (Wildman–Crippen MR) is 69.8 cm³/mol. The Morgan fingerprint density at radius 2 is 2.24 bits per heavy atom. The SMILES string of the molecule is CC(C)=CCn1cnc2ccc(N)cc2c1=O. The van der Waals surface area contributed by atoms with Crippen LogP contribution in [0.25, 0.3) is 10.9 Å². The highest BCUT2D eigenvalue weighted by molar-refractivity contribution is 5.80. The molecule has 4 heteroatoms. The third-order valence-corrected chi connectivity index (χ3v) is 2.54. The van der Waals surface area contributed by atoms with Gasteiger partial charge in [0, 0.05) is 12.2 Å². The maximum absolute atomic E-state index is 12.1. The topological polar surface area (TPSA) is 60.9 Å². The van der Waals surface area contributed by atoms with Crippen LogP contribution in [0.1, 0.15) is 13.8 Å². The third kappa shape index (κ3) is 2.36. The van der Waals surface area contributed by atoms with Gasteiger partial charge in [-0.15, -0.1) is 0 Å². The molecule has 2 rings (SSSR count). The Labute approximate surface area is 99.4 Å². The fraction of sp³-hybridized carbons (Fsp3) is 0.231. The van der Waals surface area contributed by atoms with Crippen LogP contribution in [-0.2, 0) is 6.54 Å². The Morgan fingerprint density at radius 1 is 1.47 bits per heavy atom. The molecule has 1 aromatic heterocycles. The lowest BCUT2D eigenvalue weighted by Gasteiger charge is -2.04. The third-order valence-electron chi connectivity index (χ3n) is 2.54. The molecule has 0 saturated carbocycles. The fourth-order valence-corrected chi connectivity index (χ4v) is 1.59. The quantitative estimate of drug-likeness (QED) is 0.632. The summed E-state index contributed by atoms with van der Waals surface area (Å²) in [6.07, 6.45) is 3.56. The van der Waals surface area contributed by atoms with Crippen molar-refractivity contribution in [1.82, 2.24) is 9.55 Å². The van der Waals surface area contributed by atoms with Gasteiger partial charge in [-0.3, -0.25) is 9.36 Å². The Kier molecular flexibility index (Phi) is 2.95. The number of anilines is 1. The number of nitrogens with zero attached hydrogens (tertiary/aromatic N) is 2. The van der Waals surface area contributed by atoms with E-state index in [1.807, 2.05) is 19.9 Å². The second-order valence-electron chi connectivity index (χ2n) is 4.26. The molecule has 2 N–H and O–H groups in total. The van der Waals surface area contributed by atoms with Crippen LogP contribution < -0.4 is 11.3 Å². The molecule has 0 radical (unpaired) electrons. The van der Waals surface area contributed by atoms with Gasteiger partial charge in [0.1, 0.15) is 0 Å². The van der Waals surface area contributed by atoms with E-state index in [0.29, 0.717) is 23.1 Å². The predicted octanol–water partition coefficient (Wildman–Crippen LogP) is 1.94. The lowest BCUT2D eigenvalue weighted by molar-refractivity contribution is 0.762. The number of nitrogen functional groups attached to an aromatic ring is 1. The molecule has 0 aliphatic rings. The molecule has 2 aromatic rings. The molecule has 0 saturated heterocycles. The molecule has 17 heavy (non-hydrogen) atoms. The Bertz CT molecular complexity index is 637. The normalized spacial score (nSPS) is 10.5. The van der Waals surface area contributed by atoms with E-state index in [1.54, 1.807) is 29.1 Å². The second-order valence-corrected chi connectivity index (χ2v) is 4.26. The number of hydrogen-bond donors (Lipinski definition) is 1. The number of rotatable bonds is 2. The molecule has 88 valence electrons. The molecule has 1 heterocycles. The molecule has 0 unspecified atom stereocenters. The summed E-state index contributed by atoms with van der Waals surface area (Å²) in [5.41, 5.74) is 8.05. The zero-order valence-corrected chi connectivity index (χ0v) is 9.97. The van der Waals surface area contributed by atoms with Crippen molar-refractivity contribution in [1.29, 1.82) is 0 Å². The maximum atomic E-state index is 12.1. The number of allylic oxidation sites excluding steroid dienone is 2. The molecule has 0 atom stereocenters. The number of hydrogen-bond acceptors (Lipinski definition) is 3. The maximum Gasteiger partial charge on any atom is 0.261 e. The van der Waals surface area contributed by atoms with E-state index in [9.17, 15) is 4.79 Å². The van der Waals surface area contributed by atoms with Crippen LogP contribution in [-0.4, -0.2) is 9.55 Å². The summed E-state index contributed by atoms with van der Waals surface area (Å²) < 4.78 is 1.58. The van der Waals surface area contributed by atoms with Crippen LogP contribution in [0.4, 0.5) is 5.69 Å². The summed E-state index contributed by atoms with van der Waals surface area (Å²) in [4.78, 5) is 16.4. The Morgan fingerprint density at radius 3 is 2.94 bits per heavy atom. The summed E-state index contributed by atoms with van der Waals surface area (Å²) in [7, 11) is 0. The van der Waals surface area contributed by atoms with Crippen molar-refractivity contribution in [2.45, 2.75) is 20.4 Å². The minimum absolute atomic E-state index is 0.0557. The summed E-state index contributed by atoms with van der Waals surface area (Å²) in [6, 6.07) is 5.18. The van der Waals surface area contributed by atoms with Crippen LogP contribution in [0.3, 0.4) is 0 Å². The molecule has 0 aliphatic carbocycles. The summed E-state index contributed by atoms with van der Waals surface area (Å²) in [6.45, 7) is 4.54. The van der Waals surface area contributed by atoms with Gasteiger partial charge in [-0.25, -0.2) is 4.98 Å². The first-order valence-corrected chi connectivity index (χ1v) is 5.46. The van der Waals surface area contributed by atoms with E-state index in [1.165, 1.54) is 5.57 Å². The van der Waals surface area contributed by atoms with E-state index < -0.39 is 0 Å². The molecule has 0 fully saturated rings. The molecule has 4 nitrogen and oxygen atoms in total. The first-order chi connectivity index (χ1) is 8.08. The number of aromatic nitrogens is 2. The van der Waals surface area contributed by atoms with Gasteiger partial charge < -0.3 is 5.73 Å². The average molecular weight is 229 g/mol. The average Bonchev–Trinajstić information content (AvgIpc) is 2.29. The van der Waals surface area contributed by atoms with Gasteiger partial charge in [0.2, 0.25) is 0 Å². The van der Waals surface area contributed by atoms with Crippen LogP contribution in [0.15, 0.2) is 41.0 Å². The van der Waals surface area contributed by atoms with Crippen molar-refractivity contribution >= 4 is 16.6 Å². The fourth-order valence-electron chi connectivity index (χ4n) is 1.59. The van der Waals surface area contributed by atoms with Crippen molar-refractivity contribution in [2.75, 3.05) is 5.73 Å². The molecule has 0 aliphatic heterocycles. The van der Waals surface area contributed by atoms with Gasteiger partial charge in [0.05, 0.1) is 17.2 Å². The van der Waals surface area contributed by atoms with Gasteiger partial charge in [-0.05, 0) is 32.0 Å². The zero-order valence-electron chi connectivity index (χ0n) is 9.97. The van der Waals surface area contributed by atoms with E-state index in [-0.39, 0.29) is 5.56 Å². The highest BCUT2D eigenvalue weighted by Gasteiger charge is 2.03. The van der Waals surface area contributed by atoms with Crippen molar-refractivity contribution in [3.05, 3.63) is 46.5 Å². The van der Waals surface area contributed by atoms with Crippen molar-refractivity contribution in [2.24, 2.45) is 0 Å². The molecule has 0 spiro atoms. The molecule has 0 bridgehead atoms. The summed E-state index contributed by atoms with van der Waals surface area (Å²) in [5.74, 6) is 0. The first-order valence-electron chi connectivity index (χ1n) is 5.46. The number of nitrogens with two attached hydrogens (primary N) is 1. The van der Waals surface area contributed by atoms with E-state index >= 15 is 0 Å². The van der Waals surface area contributed by atoms with Gasteiger partial charge in [-0.2, -0.15) is 0 Å². The lowest BCUT2D eigenvalue weighted by Crippen LogP contribution is -2.20. The molecular weight excluding hydrogens is 214 g/mol. The highest BCUT2D eigenvalue weighted by atomic mass is 16.1. The van der Waals surface area contributed by atoms with Crippen LogP contribution in [0, 0.1) is 0 Å². The second kappa shape index (κ2) is 4.41. The van der Waals surface area contributed by atoms with Crippen molar-refractivity contribution in [3.8, 4) is 0 Å².